The molecule has 0 unspecified atom stereocenters. The molecule has 30 heavy (non-hydrogen) atoms. The molecular weight excluding hydrogens is 401 g/mol. The van der Waals surface area contributed by atoms with Gasteiger partial charge in [0.2, 0.25) is 12.1 Å². The minimum absolute atomic E-state index is 0.0480. The first-order valence-electron chi connectivity index (χ1n) is 10.7. The van der Waals surface area contributed by atoms with Crippen molar-refractivity contribution in [2.45, 2.75) is 76.6 Å². The van der Waals surface area contributed by atoms with Crippen LogP contribution >= 0.6 is 0 Å². The number of alkyl halides is 3. The fraction of sp³-hybridized carbons (Fsp3) is 0.727. The van der Waals surface area contributed by atoms with E-state index in [1.807, 2.05) is 13.8 Å². The lowest BCUT2D eigenvalue weighted by molar-refractivity contribution is -0.575. The van der Waals surface area contributed by atoms with Gasteiger partial charge in [-0.05, 0) is 62.3 Å². The van der Waals surface area contributed by atoms with E-state index in [0.29, 0.717) is 11.7 Å². The monoisotopic (exact) mass is 428 g/mol. The van der Waals surface area contributed by atoms with Crippen LogP contribution in [0.3, 0.4) is 0 Å². The van der Waals surface area contributed by atoms with Crippen molar-refractivity contribution in [3.63, 3.8) is 0 Å². The molecule has 8 atom stereocenters. The standard InChI is InChI=1S/C22H27F3O5/c1-12-4-9-17-13(2)18(26-15-7-5-14(6-8-15)22(23,24)25)27-19-21(17)16(12)10-11-20(3,28-19)29-30-21/h5-8,12-13,16-19H,4,9-11H2,1-3H3/t12-,13-,16+,17+,18+,19-,20-,21-/m1/s1. The van der Waals surface area contributed by atoms with Crippen molar-refractivity contribution in [2.24, 2.45) is 23.7 Å². The van der Waals surface area contributed by atoms with Crippen LogP contribution < -0.4 is 4.74 Å². The Morgan fingerprint density at radius 2 is 1.73 bits per heavy atom. The van der Waals surface area contributed by atoms with Crippen molar-refractivity contribution in [1.29, 1.82) is 0 Å². The van der Waals surface area contributed by atoms with Crippen LogP contribution in [0.15, 0.2) is 24.3 Å². The van der Waals surface area contributed by atoms with Crippen LogP contribution in [-0.4, -0.2) is 24.0 Å². The Hall–Kier alpha value is -1.35. The zero-order chi connectivity index (χ0) is 21.3. The molecule has 0 amide bonds. The second-order valence-electron chi connectivity index (χ2n) is 9.41. The summed E-state index contributed by atoms with van der Waals surface area (Å²) in [5, 5.41) is 0. The molecule has 2 bridgehead atoms. The maximum Gasteiger partial charge on any atom is 0.416 e. The first-order chi connectivity index (χ1) is 14.1. The predicted octanol–water partition coefficient (Wildman–Crippen LogP) is 5.29. The van der Waals surface area contributed by atoms with Gasteiger partial charge in [-0.1, -0.05) is 13.8 Å². The smallest absolute Gasteiger partial charge is 0.416 e. The van der Waals surface area contributed by atoms with Crippen LogP contribution in [0, 0.1) is 23.7 Å². The molecular formula is C22H27F3O5. The topological polar surface area (TPSA) is 46.2 Å². The molecule has 1 aromatic rings. The summed E-state index contributed by atoms with van der Waals surface area (Å²) in [5.74, 6) is 0.211. The summed E-state index contributed by atoms with van der Waals surface area (Å²) < 4.78 is 57.1. The molecule has 1 saturated carbocycles. The van der Waals surface area contributed by atoms with Gasteiger partial charge in [-0.25, -0.2) is 9.78 Å². The first kappa shape index (κ1) is 20.5. The van der Waals surface area contributed by atoms with E-state index in [4.69, 9.17) is 24.0 Å². The molecule has 0 radical (unpaired) electrons. The highest BCUT2D eigenvalue weighted by atomic mass is 19.4. The quantitative estimate of drug-likeness (QED) is 0.599. The molecule has 5 fully saturated rings. The molecule has 5 nitrogen and oxygen atoms in total. The van der Waals surface area contributed by atoms with E-state index in [1.54, 1.807) is 0 Å². The SMILES string of the molecule is C[C@H]1[C@@H](Oc2ccc(C(F)(F)F)cc2)O[C@@H]2O[C@@]3(C)CC[C@H]4[C@H](C)CC[C@@H]1[C@@]24OO3. The molecule has 4 heterocycles. The molecule has 166 valence electrons. The van der Waals surface area contributed by atoms with Gasteiger partial charge in [-0.2, -0.15) is 13.2 Å². The Balaban J connectivity index is 1.43. The predicted molar refractivity (Wildman–Crippen MR) is 98.9 cm³/mol. The molecule has 4 saturated heterocycles. The first-order valence-corrected chi connectivity index (χ1v) is 10.7. The molecule has 8 heteroatoms. The molecule has 4 aliphatic heterocycles. The lowest BCUT2D eigenvalue weighted by Gasteiger charge is -2.60. The van der Waals surface area contributed by atoms with Crippen LogP contribution in [0.2, 0.25) is 0 Å². The normalized spacial score (nSPS) is 45.5. The average Bonchev–Trinajstić information content (AvgIpc) is 2.92. The van der Waals surface area contributed by atoms with Gasteiger partial charge >= 0.3 is 6.18 Å². The van der Waals surface area contributed by atoms with Crippen molar-refractivity contribution >= 4 is 0 Å². The Labute approximate surface area is 173 Å². The zero-order valence-corrected chi connectivity index (χ0v) is 17.3. The fourth-order valence-corrected chi connectivity index (χ4v) is 5.86. The van der Waals surface area contributed by atoms with Gasteiger partial charge in [0, 0.05) is 18.3 Å². The number of rotatable bonds is 2. The maximum absolute atomic E-state index is 12.8. The molecule has 1 aliphatic carbocycles. The van der Waals surface area contributed by atoms with Crippen LogP contribution in [0.4, 0.5) is 13.2 Å². The second-order valence-corrected chi connectivity index (χ2v) is 9.41. The summed E-state index contributed by atoms with van der Waals surface area (Å²) in [6, 6.07) is 4.70. The third-order valence-corrected chi connectivity index (χ3v) is 7.53. The summed E-state index contributed by atoms with van der Waals surface area (Å²) >= 11 is 0. The van der Waals surface area contributed by atoms with E-state index < -0.39 is 35.7 Å². The number of hydrogen-bond donors (Lipinski definition) is 0. The highest BCUT2D eigenvalue weighted by molar-refractivity contribution is 5.29. The average molecular weight is 428 g/mol. The van der Waals surface area contributed by atoms with E-state index in [2.05, 4.69) is 6.92 Å². The minimum Gasteiger partial charge on any atom is -0.465 e. The van der Waals surface area contributed by atoms with Crippen molar-refractivity contribution < 1.29 is 37.2 Å². The Morgan fingerprint density at radius 1 is 1.00 bits per heavy atom. The Bertz CT molecular complexity index is 799. The van der Waals surface area contributed by atoms with Crippen molar-refractivity contribution in [2.75, 3.05) is 0 Å². The van der Waals surface area contributed by atoms with Crippen molar-refractivity contribution in [3.8, 4) is 5.75 Å². The summed E-state index contributed by atoms with van der Waals surface area (Å²) in [7, 11) is 0. The lowest BCUT2D eigenvalue weighted by atomic mass is 9.58. The molecule has 5 aliphatic rings. The molecule has 6 rings (SSSR count). The van der Waals surface area contributed by atoms with Crippen molar-refractivity contribution in [3.05, 3.63) is 29.8 Å². The molecule has 1 spiro atoms. The summed E-state index contributed by atoms with van der Waals surface area (Å²) in [5.41, 5.74) is -1.40. The summed E-state index contributed by atoms with van der Waals surface area (Å²) in [6.07, 6.45) is -2.03. The number of fused-ring (bicyclic) bond motifs is 2. The van der Waals surface area contributed by atoms with Gasteiger partial charge in [0.1, 0.15) is 5.75 Å². The summed E-state index contributed by atoms with van der Waals surface area (Å²) in [6.45, 7) is 6.13. The zero-order valence-electron chi connectivity index (χ0n) is 17.3. The van der Waals surface area contributed by atoms with E-state index >= 15 is 0 Å². The van der Waals surface area contributed by atoms with E-state index in [-0.39, 0.29) is 17.8 Å². The van der Waals surface area contributed by atoms with Gasteiger partial charge in [-0.15, -0.1) is 0 Å². The van der Waals surface area contributed by atoms with E-state index in [0.717, 1.165) is 37.8 Å². The Kier molecular flexibility index (Phi) is 4.67. The highest BCUT2D eigenvalue weighted by Crippen LogP contribution is 2.60. The summed E-state index contributed by atoms with van der Waals surface area (Å²) in [4.78, 5) is 11.9. The third kappa shape index (κ3) is 3.06. The molecule has 0 N–H and O–H groups in total. The van der Waals surface area contributed by atoms with Crippen LogP contribution in [0.25, 0.3) is 0 Å². The largest absolute Gasteiger partial charge is 0.465 e. The number of ether oxygens (including phenoxy) is 3. The molecule has 1 aromatic carbocycles. The lowest BCUT2D eigenvalue weighted by Crippen LogP contribution is -2.70. The maximum atomic E-state index is 12.8. The van der Waals surface area contributed by atoms with Gasteiger partial charge in [0.05, 0.1) is 5.56 Å². The number of hydrogen-bond acceptors (Lipinski definition) is 5. The van der Waals surface area contributed by atoms with Crippen LogP contribution in [0.5, 0.6) is 5.75 Å². The highest BCUT2D eigenvalue weighted by Gasteiger charge is 2.69. The fourth-order valence-electron chi connectivity index (χ4n) is 5.86. The van der Waals surface area contributed by atoms with Crippen LogP contribution in [0.1, 0.15) is 52.0 Å². The van der Waals surface area contributed by atoms with Gasteiger partial charge in [0.15, 0.2) is 11.9 Å². The van der Waals surface area contributed by atoms with E-state index in [1.165, 1.54) is 12.1 Å². The third-order valence-electron chi connectivity index (χ3n) is 7.53. The van der Waals surface area contributed by atoms with Gasteiger partial charge in [-0.3, -0.25) is 0 Å². The van der Waals surface area contributed by atoms with Gasteiger partial charge < -0.3 is 14.2 Å². The van der Waals surface area contributed by atoms with Crippen LogP contribution in [-0.2, 0) is 25.4 Å². The Morgan fingerprint density at radius 3 is 2.43 bits per heavy atom. The number of halogens is 3. The second kappa shape index (κ2) is 6.82. The van der Waals surface area contributed by atoms with E-state index in [9.17, 15) is 13.2 Å². The molecule has 0 aromatic heterocycles. The van der Waals surface area contributed by atoms with Gasteiger partial charge in [0.25, 0.3) is 0 Å². The minimum atomic E-state index is -4.38. The number of benzene rings is 1. The van der Waals surface area contributed by atoms with Crippen molar-refractivity contribution in [1.82, 2.24) is 0 Å².